The van der Waals surface area contributed by atoms with E-state index in [0.717, 1.165) is 44.1 Å². The van der Waals surface area contributed by atoms with Gasteiger partial charge in [-0.25, -0.2) is 0 Å². The number of aryl methyl sites for hydroxylation is 1. The number of nitrogens with zero attached hydrogens (tertiary/aromatic N) is 3. The van der Waals surface area contributed by atoms with E-state index in [0.29, 0.717) is 12.3 Å². The lowest BCUT2D eigenvalue weighted by Crippen LogP contribution is -2.31. The highest BCUT2D eigenvalue weighted by Gasteiger charge is 2.21. The van der Waals surface area contributed by atoms with Crippen LogP contribution in [-0.4, -0.2) is 33.8 Å². The molecule has 144 valence electrons. The highest BCUT2D eigenvalue weighted by atomic mass is 35.5. The third-order valence-electron chi connectivity index (χ3n) is 5.14. The summed E-state index contributed by atoms with van der Waals surface area (Å²) in [5.74, 6) is 2.83. The van der Waals surface area contributed by atoms with Crippen LogP contribution >= 0.6 is 24.8 Å². The van der Waals surface area contributed by atoms with Gasteiger partial charge in [-0.05, 0) is 58.0 Å². The number of fused-ring (bicyclic) bond motifs is 1. The topological polar surface area (TPSA) is 71.8 Å². The Hall–Kier alpha value is -0.850. The van der Waals surface area contributed by atoms with Crippen molar-refractivity contribution < 1.29 is 4.79 Å². The molecule has 1 fully saturated rings. The van der Waals surface area contributed by atoms with Gasteiger partial charge in [-0.15, -0.1) is 35.0 Å². The minimum atomic E-state index is -0.0603. The standard InChI is InChI=1S/C17H29N5O.2ClH/c1-13(17-21-20-15-5-3-2-4-12-22(15)17)19-16(23)7-6-14-8-10-18-11-9-14;;/h13-14,18H,2-12H2,1H3,(H,19,23);2*1H/t13-;;/m1../s1. The van der Waals surface area contributed by atoms with E-state index >= 15 is 0 Å². The molecule has 1 aromatic rings. The summed E-state index contributed by atoms with van der Waals surface area (Å²) < 4.78 is 2.21. The van der Waals surface area contributed by atoms with E-state index in [1.807, 2.05) is 6.92 Å². The molecular weight excluding hydrogens is 361 g/mol. The zero-order valence-electron chi connectivity index (χ0n) is 15.0. The Morgan fingerprint density at radius 3 is 2.76 bits per heavy atom. The Kier molecular flexibility index (Phi) is 9.75. The normalized spacial score (nSPS) is 18.9. The fourth-order valence-electron chi connectivity index (χ4n) is 3.71. The predicted molar refractivity (Wildman–Crippen MR) is 103 cm³/mol. The maximum absolute atomic E-state index is 12.2. The van der Waals surface area contributed by atoms with Crippen molar-refractivity contribution in [3.63, 3.8) is 0 Å². The summed E-state index contributed by atoms with van der Waals surface area (Å²) in [6.07, 6.45) is 8.63. The lowest BCUT2D eigenvalue weighted by Gasteiger charge is -2.22. The van der Waals surface area contributed by atoms with Crippen molar-refractivity contribution in [1.82, 2.24) is 25.4 Å². The van der Waals surface area contributed by atoms with Gasteiger partial charge in [-0.3, -0.25) is 4.79 Å². The van der Waals surface area contributed by atoms with Crippen molar-refractivity contribution in [3.8, 4) is 0 Å². The van der Waals surface area contributed by atoms with Gasteiger partial charge in [0.1, 0.15) is 5.82 Å². The van der Waals surface area contributed by atoms with Gasteiger partial charge in [-0.2, -0.15) is 0 Å². The monoisotopic (exact) mass is 391 g/mol. The van der Waals surface area contributed by atoms with Gasteiger partial charge >= 0.3 is 0 Å². The first kappa shape index (κ1) is 22.2. The summed E-state index contributed by atoms with van der Waals surface area (Å²) in [7, 11) is 0. The van der Waals surface area contributed by atoms with Crippen LogP contribution in [0.3, 0.4) is 0 Å². The van der Waals surface area contributed by atoms with Gasteiger partial charge in [0.2, 0.25) is 5.91 Å². The zero-order valence-corrected chi connectivity index (χ0v) is 16.6. The quantitative estimate of drug-likeness (QED) is 0.809. The van der Waals surface area contributed by atoms with E-state index < -0.39 is 0 Å². The summed E-state index contributed by atoms with van der Waals surface area (Å²) in [5.41, 5.74) is 0. The second-order valence-electron chi connectivity index (χ2n) is 6.96. The van der Waals surface area contributed by atoms with Crippen molar-refractivity contribution in [3.05, 3.63) is 11.6 Å². The number of aromatic nitrogens is 3. The Morgan fingerprint density at radius 2 is 2.00 bits per heavy atom. The number of hydrogen-bond donors (Lipinski definition) is 2. The molecule has 1 atom stereocenters. The summed E-state index contributed by atoms with van der Waals surface area (Å²) >= 11 is 0. The number of amides is 1. The molecule has 2 aliphatic rings. The predicted octanol–water partition coefficient (Wildman–Crippen LogP) is 2.81. The van der Waals surface area contributed by atoms with Crippen molar-refractivity contribution >= 4 is 30.7 Å². The van der Waals surface area contributed by atoms with E-state index in [4.69, 9.17) is 0 Å². The van der Waals surface area contributed by atoms with Crippen LogP contribution in [0.1, 0.15) is 69.6 Å². The third kappa shape index (κ3) is 6.12. The Balaban J connectivity index is 0.00000156. The molecule has 2 aliphatic heterocycles. The maximum Gasteiger partial charge on any atom is 0.220 e. The zero-order chi connectivity index (χ0) is 16.1. The van der Waals surface area contributed by atoms with E-state index in [1.54, 1.807) is 0 Å². The lowest BCUT2D eigenvalue weighted by atomic mass is 9.93. The molecule has 6 nitrogen and oxygen atoms in total. The van der Waals surface area contributed by atoms with Crippen molar-refractivity contribution in [1.29, 1.82) is 0 Å². The molecule has 1 saturated heterocycles. The first-order valence-corrected chi connectivity index (χ1v) is 9.16. The minimum Gasteiger partial charge on any atom is -0.346 e. The minimum absolute atomic E-state index is 0. The molecular formula is C17H31Cl2N5O. The average Bonchev–Trinajstić information content (AvgIpc) is 2.83. The van der Waals surface area contributed by atoms with E-state index in [9.17, 15) is 4.79 Å². The number of hydrogen-bond acceptors (Lipinski definition) is 4. The van der Waals surface area contributed by atoms with Crippen LogP contribution in [0.25, 0.3) is 0 Å². The highest BCUT2D eigenvalue weighted by molar-refractivity contribution is 5.85. The molecule has 0 unspecified atom stereocenters. The lowest BCUT2D eigenvalue weighted by molar-refractivity contribution is -0.122. The fourth-order valence-corrected chi connectivity index (χ4v) is 3.71. The third-order valence-corrected chi connectivity index (χ3v) is 5.14. The molecule has 0 aliphatic carbocycles. The fraction of sp³-hybridized carbons (Fsp3) is 0.824. The van der Waals surface area contributed by atoms with Crippen LogP contribution in [0.5, 0.6) is 0 Å². The van der Waals surface area contributed by atoms with Crippen LogP contribution in [0.15, 0.2) is 0 Å². The molecule has 2 N–H and O–H groups in total. The number of rotatable bonds is 5. The molecule has 0 spiro atoms. The number of carbonyl (C=O) groups is 1. The van der Waals surface area contributed by atoms with Crippen LogP contribution in [-0.2, 0) is 17.8 Å². The average molecular weight is 392 g/mol. The number of piperidine rings is 1. The highest BCUT2D eigenvalue weighted by Crippen LogP contribution is 2.20. The molecule has 25 heavy (non-hydrogen) atoms. The number of halogens is 2. The molecule has 3 rings (SSSR count). The summed E-state index contributed by atoms with van der Waals surface area (Å²) in [5, 5.41) is 15.1. The van der Waals surface area contributed by atoms with Crippen molar-refractivity contribution in [2.75, 3.05) is 13.1 Å². The summed E-state index contributed by atoms with van der Waals surface area (Å²) in [6, 6.07) is -0.0603. The summed E-state index contributed by atoms with van der Waals surface area (Å²) in [6.45, 7) is 5.18. The molecule has 0 radical (unpaired) electrons. The van der Waals surface area contributed by atoms with Crippen LogP contribution in [0, 0.1) is 5.92 Å². The van der Waals surface area contributed by atoms with Crippen LogP contribution in [0.2, 0.25) is 0 Å². The molecule has 3 heterocycles. The molecule has 8 heteroatoms. The van der Waals surface area contributed by atoms with Crippen LogP contribution < -0.4 is 10.6 Å². The Labute approximate surface area is 162 Å². The smallest absolute Gasteiger partial charge is 0.220 e. The second kappa shape index (κ2) is 11.0. The second-order valence-corrected chi connectivity index (χ2v) is 6.96. The maximum atomic E-state index is 12.2. The molecule has 1 amide bonds. The van der Waals surface area contributed by atoms with Crippen molar-refractivity contribution in [2.24, 2.45) is 5.92 Å². The molecule has 0 aromatic carbocycles. The molecule has 0 saturated carbocycles. The van der Waals surface area contributed by atoms with E-state index in [2.05, 4.69) is 25.4 Å². The first-order valence-electron chi connectivity index (χ1n) is 9.16. The van der Waals surface area contributed by atoms with Gasteiger partial charge < -0.3 is 15.2 Å². The largest absolute Gasteiger partial charge is 0.346 e. The van der Waals surface area contributed by atoms with E-state index in [-0.39, 0.29) is 36.8 Å². The first-order chi connectivity index (χ1) is 11.2. The van der Waals surface area contributed by atoms with Crippen molar-refractivity contribution in [2.45, 2.75) is 70.9 Å². The SMILES string of the molecule is C[C@@H](NC(=O)CCC1CCNCC1)c1nnc2n1CCCCC2.Cl.Cl. The van der Waals surface area contributed by atoms with Gasteiger partial charge in [0.15, 0.2) is 5.82 Å². The Bertz CT molecular complexity index is 531. The van der Waals surface area contributed by atoms with Gasteiger partial charge in [0, 0.05) is 19.4 Å². The van der Waals surface area contributed by atoms with Gasteiger partial charge in [0.25, 0.3) is 0 Å². The number of nitrogens with one attached hydrogen (secondary N) is 2. The van der Waals surface area contributed by atoms with Crippen LogP contribution in [0.4, 0.5) is 0 Å². The molecule has 0 bridgehead atoms. The number of carbonyl (C=O) groups excluding carboxylic acids is 1. The Morgan fingerprint density at radius 1 is 1.24 bits per heavy atom. The molecule has 1 aromatic heterocycles. The van der Waals surface area contributed by atoms with E-state index in [1.165, 1.54) is 32.1 Å². The summed E-state index contributed by atoms with van der Waals surface area (Å²) in [4.78, 5) is 12.2. The van der Waals surface area contributed by atoms with Gasteiger partial charge in [0.05, 0.1) is 6.04 Å². The van der Waals surface area contributed by atoms with Gasteiger partial charge in [-0.1, -0.05) is 6.42 Å².